The van der Waals surface area contributed by atoms with Gasteiger partial charge in [-0.15, -0.1) is 0 Å². The van der Waals surface area contributed by atoms with Crippen LogP contribution in [0.15, 0.2) is 0 Å². The van der Waals surface area contributed by atoms with Gasteiger partial charge in [-0.1, -0.05) is 0 Å². The first-order chi connectivity index (χ1) is 7.35. The molecule has 1 saturated heterocycles. The monoisotopic (exact) mass is 224 g/mol. The first kappa shape index (κ1) is 12.5. The zero-order chi connectivity index (χ0) is 12.3. The fourth-order valence-corrected chi connectivity index (χ4v) is 1.46. The van der Waals surface area contributed by atoms with Crippen LogP contribution in [-0.2, 0) is 9.53 Å². The second-order valence-electron chi connectivity index (χ2n) is 4.78. The van der Waals surface area contributed by atoms with Gasteiger partial charge in [0.2, 0.25) is 0 Å². The minimum Gasteiger partial charge on any atom is -0.444 e. The average molecular weight is 224 g/mol. The molecular weight excluding hydrogens is 208 g/mol. The van der Waals surface area contributed by atoms with Crippen LogP contribution in [-0.4, -0.2) is 35.0 Å². The van der Waals surface area contributed by atoms with Crippen LogP contribution in [0.25, 0.3) is 0 Å². The van der Waals surface area contributed by atoms with E-state index in [-0.39, 0.29) is 12.2 Å². The Kier molecular flexibility index (Phi) is 3.53. The molecule has 1 rings (SSSR count). The number of amides is 1. The van der Waals surface area contributed by atoms with Gasteiger partial charge in [0.05, 0.1) is 18.5 Å². The van der Waals surface area contributed by atoms with Crippen LogP contribution in [0.1, 0.15) is 33.6 Å². The summed E-state index contributed by atoms with van der Waals surface area (Å²) in [5.41, 5.74) is -0.560. The van der Waals surface area contributed by atoms with Gasteiger partial charge in [-0.05, 0) is 27.2 Å². The summed E-state index contributed by atoms with van der Waals surface area (Å²) < 4.78 is 5.15. The second kappa shape index (κ2) is 4.52. The minimum absolute atomic E-state index is 0.149. The van der Waals surface area contributed by atoms with Gasteiger partial charge in [-0.3, -0.25) is 9.69 Å². The largest absolute Gasteiger partial charge is 0.444 e. The first-order valence-electron chi connectivity index (χ1n) is 5.24. The maximum absolute atomic E-state index is 11.6. The molecule has 0 spiro atoms. The van der Waals surface area contributed by atoms with E-state index >= 15 is 0 Å². The summed E-state index contributed by atoms with van der Waals surface area (Å²) in [5, 5.41) is 8.41. The molecule has 0 aromatic carbocycles. The van der Waals surface area contributed by atoms with Crippen LogP contribution >= 0.6 is 0 Å². The first-order valence-corrected chi connectivity index (χ1v) is 5.24. The Morgan fingerprint density at radius 3 is 2.50 bits per heavy atom. The molecule has 16 heavy (non-hydrogen) atoms. The number of hydrogen-bond acceptors (Lipinski definition) is 4. The molecule has 1 amide bonds. The molecule has 5 heteroatoms. The van der Waals surface area contributed by atoms with Crippen molar-refractivity contribution in [2.45, 2.75) is 45.3 Å². The number of carbonyl (C=O) groups excluding carboxylic acids is 2. The van der Waals surface area contributed by atoms with Crippen molar-refractivity contribution in [3.05, 3.63) is 0 Å². The molecule has 0 bridgehead atoms. The summed E-state index contributed by atoms with van der Waals surface area (Å²) in [4.78, 5) is 24.4. The number of carbonyl (C=O) groups is 2. The average Bonchev–Trinajstić information content (AvgIpc) is 1.97. The van der Waals surface area contributed by atoms with E-state index in [2.05, 4.69) is 0 Å². The molecular formula is C11H16N2O3. The van der Waals surface area contributed by atoms with Crippen molar-refractivity contribution in [1.82, 2.24) is 4.90 Å². The lowest BCUT2D eigenvalue weighted by Gasteiger charge is -2.39. The number of hydrogen-bond donors (Lipinski definition) is 0. The summed E-state index contributed by atoms with van der Waals surface area (Å²) in [6.45, 7) is 5.85. The van der Waals surface area contributed by atoms with E-state index < -0.39 is 17.7 Å². The normalized spacial score (nSPS) is 19.6. The lowest BCUT2D eigenvalue weighted by molar-refractivity contribution is -0.127. The summed E-state index contributed by atoms with van der Waals surface area (Å²) in [6.07, 6.45) is -0.000902. The number of Topliss-reactive ketones (excluding diaryl/α,β-unsaturated/α-hetero) is 1. The van der Waals surface area contributed by atoms with E-state index in [1.807, 2.05) is 0 Å². The fraction of sp³-hybridized carbons (Fsp3) is 0.727. The van der Waals surface area contributed by atoms with Crippen molar-refractivity contribution in [1.29, 1.82) is 5.26 Å². The van der Waals surface area contributed by atoms with Gasteiger partial charge in [0.15, 0.2) is 5.78 Å². The molecule has 88 valence electrons. The van der Waals surface area contributed by atoms with Gasteiger partial charge in [0.1, 0.15) is 5.60 Å². The van der Waals surface area contributed by atoms with Gasteiger partial charge in [0, 0.05) is 6.54 Å². The van der Waals surface area contributed by atoms with Crippen LogP contribution in [0.2, 0.25) is 0 Å². The highest BCUT2D eigenvalue weighted by Gasteiger charge is 2.39. The molecule has 1 atom stereocenters. The SMILES string of the molecule is CC(C)(C)OC(=O)N1CCC1C(=O)CC#N. The van der Waals surface area contributed by atoms with Gasteiger partial charge in [-0.2, -0.15) is 5.26 Å². The van der Waals surface area contributed by atoms with Gasteiger partial charge in [0.25, 0.3) is 0 Å². The Bertz CT molecular complexity index is 338. The highest BCUT2D eigenvalue weighted by molar-refractivity contribution is 5.90. The molecule has 1 heterocycles. The van der Waals surface area contributed by atoms with Crippen molar-refractivity contribution in [3.63, 3.8) is 0 Å². The van der Waals surface area contributed by atoms with Gasteiger partial charge >= 0.3 is 6.09 Å². The molecule has 1 aliphatic heterocycles. The summed E-state index contributed by atoms with van der Waals surface area (Å²) in [7, 11) is 0. The third-order valence-corrected chi connectivity index (χ3v) is 2.27. The molecule has 0 aromatic heterocycles. The smallest absolute Gasteiger partial charge is 0.410 e. The second-order valence-corrected chi connectivity index (χ2v) is 4.78. The zero-order valence-corrected chi connectivity index (χ0v) is 9.82. The van der Waals surface area contributed by atoms with Gasteiger partial charge in [-0.25, -0.2) is 4.79 Å². The summed E-state index contributed by atoms with van der Waals surface area (Å²) in [5.74, 6) is -0.209. The van der Waals surface area contributed by atoms with E-state index in [4.69, 9.17) is 10.00 Å². The van der Waals surface area contributed by atoms with E-state index in [1.54, 1.807) is 26.8 Å². The summed E-state index contributed by atoms with van der Waals surface area (Å²) >= 11 is 0. The fourth-order valence-electron chi connectivity index (χ4n) is 1.46. The van der Waals surface area contributed by atoms with Crippen LogP contribution in [0.3, 0.4) is 0 Å². The van der Waals surface area contributed by atoms with Crippen molar-refractivity contribution < 1.29 is 14.3 Å². The molecule has 0 saturated carbocycles. The lowest BCUT2D eigenvalue weighted by Crippen LogP contribution is -2.56. The van der Waals surface area contributed by atoms with Crippen molar-refractivity contribution in [2.75, 3.05) is 6.54 Å². The molecule has 0 aliphatic carbocycles. The predicted octanol–water partition coefficient (Wildman–Crippen LogP) is 1.48. The number of ketones is 1. The van der Waals surface area contributed by atoms with Crippen LogP contribution < -0.4 is 0 Å². The van der Waals surface area contributed by atoms with E-state index in [1.165, 1.54) is 4.90 Å². The molecule has 0 N–H and O–H groups in total. The predicted molar refractivity (Wildman–Crippen MR) is 56.6 cm³/mol. The van der Waals surface area contributed by atoms with E-state index in [9.17, 15) is 9.59 Å². The van der Waals surface area contributed by atoms with Crippen molar-refractivity contribution >= 4 is 11.9 Å². The van der Waals surface area contributed by atoms with E-state index in [0.29, 0.717) is 13.0 Å². The Hall–Kier alpha value is -1.57. The maximum Gasteiger partial charge on any atom is 0.410 e. The number of nitrogens with zero attached hydrogens (tertiary/aromatic N) is 2. The van der Waals surface area contributed by atoms with Crippen LogP contribution in [0.5, 0.6) is 0 Å². The molecule has 1 aliphatic rings. The highest BCUT2D eigenvalue weighted by atomic mass is 16.6. The minimum atomic E-state index is -0.560. The zero-order valence-electron chi connectivity index (χ0n) is 9.82. The quantitative estimate of drug-likeness (QED) is 0.712. The molecule has 1 fully saturated rings. The third-order valence-electron chi connectivity index (χ3n) is 2.27. The number of ether oxygens (including phenoxy) is 1. The standard InChI is InChI=1S/C11H16N2O3/c1-11(2,3)16-10(15)13-7-5-8(13)9(14)4-6-12/h8H,4-5,7H2,1-3H3. The number of nitriles is 1. The van der Waals surface area contributed by atoms with Gasteiger partial charge < -0.3 is 4.74 Å². The Morgan fingerprint density at radius 2 is 2.12 bits per heavy atom. The molecule has 0 radical (unpaired) electrons. The summed E-state index contributed by atoms with van der Waals surface area (Å²) in [6, 6.07) is 1.33. The highest BCUT2D eigenvalue weighted by Crippen LogP contribution is 2.22. The Labute approximate surface area is 95.0 Å². The molecule has 5 nitrogen and oxygen atoms in total. The third kappa shape index (κ3) is 2.96. The number of likely N-dealkylation sites (tertiary alicyclic amines) is 1. The topological polar surface area (TPSA) is 70.4 Å². The van der Waals surface area contributed by atoms with Crippen molar-refractivity contribution in [3.8, 4) is 6.07 Å². The van der Waals surface area contributed by atoms with Crippen molar-refractivity contribution in [2.24, 2.45) is 0 Å². The lowest BCUT2D eigenvalue weighted by atomic mass is 9.98. The Morgan fingerprint density at radius 1 is 1.50 bits per heavy atom. The molecule has 0 aromatic rings. The Balaban J connectivity index is 2.53. The number of rotatable bonds is 2. The maximum atomic E-state index is 11.6. The van der Waals surface area contributed by atoms with Crippen LogP contribution in [0.4, 0.5) is 4.79 Å². The van der Waals surface area contributed by atoms with E-state index in [0.717, 1.165) is 0 Å². The van der Waals surface area contributed by atoms with Crippen LogP contribution in [0, 0.1) is 11.3 Å². The molecule has 1 unspecified atom stereocenters.